The second kappa shape index (κ2) is 6.77. The summed E-state index contributed by atoms with van der Waals surface area (Å²) in [4.78, 5) is 13.9. The van der Waals surface area contributed by atoms with Crippen molar-refractivity contribution in [3.8, 4) is 6.07 Å². The number of nitriles is 1. The van der Waals surface area contributed by atoms with Crippen LogP contribution in [0.3, 0.4) is 0 Å². The Hall–Kier alpha value is -1.86. The Labute approximate surface area is 108 Å². The Morgan fingerprint density at radius 2 is 2.00 bits per heavy atom. The first kappa shape index (κ1) is 14.2. The Balaban J connectivity index is 2.95. The van der Waals surface area contributed by atoms with Gasteiger partial charge in [-0.05, 0) is 19.4 Å². The summed E-state index contributed by atoms with van der Waals surface area (Å²) in [5, 5.41) is 8.77. The molecule has 0 heterocycles. The van der Waals surface area contributed by atoms with E-state index in [9.17, 15) is 4.79 Å². The summed E-state index contributed by atoms with van der Waals surface area (Å²) in [6.45, 7) is 3.84. The van der Waals surface area contributed by atoms with Gasteiger partial charge in [0, 0.05) is 13.2 Å². The molecule has 1 unspecified atom stereocenters. The number of carbonyl (C=O) groups excluding carboxylic acids is 1. The summed E-state index contributed by atoms with van der Waals surface area (Å²) in [5.74, 6) is -0.180. The van der Waals surface area contributed by atoms with Gasteiger partial charge in [0.25, 0.3) is 5.91 Å². The van der Waals surface area contributed by atoms with Gasteiger partial charge in [0.2, 0.25) is 0 Å². The molecule has 1 aromatic rings. The summed E-state index contributed by atoms with van der Waals surface area (Å²) >= 11 is 0. The van der Waals surface area contributed by atoms with Gasteiger partial charge in [0.05, 0.1) is 6.07 Å². The average molecular weight is 246 g/mol. The van der Waals surface area contributed by atoms with Crippen molar-refractivity contribution < 1.29 is 9.53 Å². The Bertz CT molecular complexity index is 423. The highest BCUT2D eigenvalue weighted by molar-refractivity contribution is 5.82. The number of methoxy groups -OCH3 is 1. The summed E-state index contributed by atoms with van der Waals surface area (Å²) in [6, 6.07) is 11.3. The first-order chi connectivity index (χ1) is 8.61. The minimum Gasteiger partial charge on any atom is -0.367 e. The molecule has 0 N–H and O–H groups in total. The molecule has 0 aromatic heterocycles. The fourth-order valence-electron chi connectivity index (χ4n) is 1.75. The highest BCUT2D eigenvalue weighted by Crippen LogP contribution is 2.20. The van der Waals surface area contributed by atoms with E-state index in [1.807, 2.05) is 50.2 Å². The number of amides is 1. The first-order valence-corrected chi connectivity index (χ1v) is 5.87. The zero-order valence-corrected chi connectivity index (χ0v) is 11.0. The lowest BCUT2D eigenvalue weighted by atomic mass is 10.1. The molecule has 1 aromatic carbocycles. The minimum absolute atomic E-state index is 0.0292. The second-order valence-corrected chi connectivity index (χ2v) is 4.24. The van der Waals surface area contributed by atoms with E-state index in [1.165, 1.54) is 12.0 Å². The number of benzene rings is 1. The van der Waals surface area contributed by atoms with Crippen LogP contribution in [0.1, 0.15) is 25.5 Å². The molecule has 0 aliphatic rings. The fraction of sp³-hybridized carbons (Fsp3) is 0.429. The SMILES string of the molecule is COC(C(=O)N(CC#N)C(C)C)c1ccccc1. The number of hydrogen-bond donors (Lipinski definition) is 0. The molecule has 0 saturated heterocycles. The molecule has 0 aliphatic carbocycles. The molecule has 18 heavy (non-hydrogen) atoms. The van der Waals surface area contributed by atoms with Gasteiger partial charge in [-0.2, -0.15) is 5.26 Å². The van der Waals surface area contributed by atoms with Gasteiger partial charge in [0.1, 0.15) is 6.54 Å². The molecule has 96 valence electrons. The maximum atomic E-state index is 12.4. The van der Waals surface area contributed by atoms with E-state index in [-0.39, 0.29) is 18.5 Å². The highest BCUT2D eigenvalue weighted by atomic mass is 16.5. The molecule has 0 aliphatic heterocycles. The molecule has 1 atom stereocenters. The van der Waals surface area contributed by atoms with Crippen molar-refractivity contribution in [2.45, 2.75) is 26.0 Å². The van der Waals surface area contributed by atoms with Crippen LogP contribution in [0.2, 0.25) is 0 Å². The van der Waals surface area contributed by atoms with Gasteiger partial charge < -0.3 is 9.64 Å². The molecule has 0 saturated carbocycles. The van der Waals surface area contributed by atoms with Gasteiger partial charge in [-0.25, -0.2) is 0 Å². The third-order valence-electron chi connectivity index (χ3n) is 2.71. The van der Waals surface area contributed by atoms with Gasteiger partial charge in [-0.15, -0.1) is 0 Å². The van der Waals surface area contributed by atoms with Crippen molar-refractivity contribution in [3.63, 3.8) is 0 Å². The quantitative estimate of drug-likeness (QED) is 0.748. The predicted octanol–water partition coefficient (Wildman–Crippen LogP) is 2.13. The topological polar surface area (TPSA) is 53.3 Å². The monoisotopic (exact) mass is 246 g/mol. The number of hydrogen-bond acceptors (Lipinski definition) is 3. The van der Waals surface area contributed by atoms with Gasteiger partial charge >= 0.3 is 0 Å². The lowest BCUT2D eigenvalue weighted by Crippen LogP contribution is -2.40. The van der Waals surface area contributed by atoms with Crippen molar-refractivity contribution in [2.24, 2.45) is 0 Å². The largest absolute Gasteiger partial charge is 0.367 e. The third kappa shape index (κ3) is 3.31. The van der Waals surface area contributed by atoms with Crippen LogP contribution in [-0.4, -0.2) is 30.5 Å². The van der Waals surface area contributed by atoms with E-state index in [0.717, 1.165) is 5.56 Å². The molecular weight excluding hydrogens is 228 g/mol. The summed E-state index contributed by atoms with van der Waals surface area (Å²) < 4.78 is 5.27. The number of ether oxygens (including phenoxy) is 1. The molecule has 1 rings (SSSR count). The predicted molar refractivity (Wildman–Crippen MR) is 68.7 cm³/mol. The van der Waals surface area contributed by atoms with Crippen LogP contribution in [0, 0.1) is 11.3 Å². The lowest BCUT2D eigenvalue weighted by Gasteiger charge is -2.28. The lowest BCUT2D eigenvalue weighted by molar-refractivity contribution is -0.143. The van der Waals surface area contributed by atoms with Gasteiger partial charge in [-0.1, -0.05) is 30.3 Å². The zero-order chi connectivity index (χ0) is 13.5. The summed E-state index contributed by atoms with van der Waals surface area (Å²) in [7, 11) is 1.50. The van der Waals surface area contributed by atoms with Crippen molar-refractivity contribution in [1.82, 2.24) is 4.90 Å². The van der Waals surface area contributed by atoms with Gasteiger partial charge in [-0.3, -0.25) is 4.79 Å². The fourth-order valence-corrected chi connectivity index (χ4v) is 1.75. The van der Waals surface area contributed by atoms with Crippen molar-refractivity contribution in [3.05, 3.63) is 35.9 Å². The van der Waals surface area contributed by atoms with Crippen molar-refractivity contribution >= 4 is 5.91 Å². The van der Waals surface area contributed by atoms with Gasteiger partial charge in [0.15, 0.2) is 6.10 Å². The molecule has 4 nitrogen and oxygen atoms in total. The van der Waals surface area contributed by atoms with E-state index in [0.29, 0.717) is 0 Å². The molecule has 0 fully saturated rings. The Kier molecular flexibility index (Phi) is 5.34. The van der Waals surface area contributed by atoms with E-state index in [4.69, 9.17) is 10.00 Å². The average Bonchev–Trinajstić information content (AvgIpc) is 2.37. The van der Waals surface area contributed by atoms with E-state index in [1.54, 1.807) is 0 Å². The summed E-state index contributed by atoms with van der Waals surface area (Å²) in [5.41, 5.74) is 0.800. The molecule has 4 heteroatoms. The van der Waals surface area contributed by atoms with Crippen LogP contribution in [0.25, 0.3) is 0 Å². The standard InChI is InChI=1S/C14H18N2O2/c1-11(2)16(10-9-15)14(17)13(18-3)12-7-5-4-6-8-12/h4-8,11,13H,10H2,1-3H3. The van der Waals surface area contributed by atoms with E-state index >= 15 is 0 Å². The van der Waals surface area contributed by atoms with Crippen LogP contribution >= 0.6 is 0 Å². The van der Waals surface area contributed by atoms with Crippen LogP contribution in [0.5, 0.6) is 0 Å². The third-order valence-corrected chi connectivity index (χ3v) is 2.71. The normalized spacial score (nSPS) is 11.9. The summed E-state index contributed by atoms with van der Waals surface area (Å²) in [6.07, 6.45) is -0.651. The second-order valence-electron chi connectivity index (χ2n) is 4.24. The molecule has 1 amide bonds. The van der Waals surface area contributed by atoms with Crippen LogP contribution < -0.4 is 0 Å². The number of carbonyl (C=O) groups is 1. The maximum absolute atomic E-state index is 12.4. The van der Waals surface area contributed by atoms with Crippen LogP contribution in [0.4, 0.5) is 0 Å². The van der Waals surface area contributed by atoms with Crippen LogP contribution in [0.15, 0.2) is 30.3 Å². The van der Waals surface area contributed by atoms with Crippen molar-refractivity contribution in [1.29, 1.82) is 5.26 Å². The first-order valence-electron chi connectivity index (χ1n) is 5.87. The zero-order valence-electron chi connectivity index (χ0n) is 11.0. The molecular formula is C14H18N2O2. The Morgan fingerprint density at radius 3 is 2.44 bits per heavy atom. The highest BCUT2D eigenvalue weighted by Gasteiger charge is 2.27. The Morgan fingerprint density at radius 1 is 1.39 bits per heavy atom. The molecule has 0 bridgehead atoms. The maximum Gasteiger partial charge on any atom is 0.257 e. The van der Waals surface area contributed by atoms with E-state index in [2.05, 4.69) is 0 Å². The van der Waals surface area contributed by atoms with Crippen molar-refractivity contribution in [2.75, 3.05) is 13.7 Å². The minimum atomic E-state index is -0.651. The van der Waals surface area contributed by atoms with E-state index < -0.39 is 6.10 Å². The molecule has 0 spiro atoms. The number of rotatable bonds is 5. The molecule has 0 radical (unpaired) electrons. The van der Waals surface area contributed by atoms with Crippen LogP contribution in [-0.2, 0) is 9.53 Å². The number of nitrogens with zero attached hydrogens (tertiary/aromatic N) is 2. The smallest absolute Gasteiger partial charge is 0.257 e.